The van der Waals surface area contributed by atoms with Gasteiger partial charge in [-0.1, -0.05) is 18.2 Å². The fourth-order valence-corrected chi connectivity index (χ4v) is 4.16. The molecule has 0 unspecified atom stereocenters. The van der Waals surface area contributed by atoms with Gasteiger partial charge in [0.25, 0.3) is 0 Å². The zero-order valence-corrected chi connectivity index (χ0v) is 14.6. The third-order valence-corrected chi connectivity index (χ3v) is 5.78. The minimum atomic E-state index is -0.614. The van der Waals surface area contributed by atoms with E-state index in [1.54, 1.807) is 12.1 Å². The van der Waals surface area contributed by atoms with Gasteiger partial charge in [0.1, 0.15) is 5.82 Å². The number of carbonyl (C=O) groups excluding carboxylic acids is 1. The number of halogens is 1. The molecule has 25 heavy (non-hydrogen) atoms. The summed E-state index contributed by atoms with van der Waals surface area (Å²) in [5, 5.41) is 7.16. The number of amides is 1. The fraction of sp³-hybridized carbons (Fsp3) is 0.500. The van der Waals surface area contributed by atoms with Gasteiger partial charge >= 0.3 is 0 Å². The van der Waals surface area contributed by atoms with E-state index in [-0.39, 0.29) is 11.7 Å². The zero-order chi connectivity index (χ0) is 17.4. The molecule has 1 saturated carbocycles. The van der Waals surface area contributed by atoms with Crippen LogP contribution in [0.4, 0.5) is 4.39 Å². The van der Waals surface area contributed by atoms with E-state index >= 15 is 0 Å². The van der Waals surface area contributed by atoms with Gasteiger partial charge < -0.3 is 4.90 Å². The Morgan fingerprint density at radius 2 is 2.20 bits per heavy atom. The molecular formula is C20H24FN3O. The van der Waals surface area contributed by atoms with Crippen molar-refractivity contribution in [2.45, 2.75) is 44.4 Å². The average molecular weight is 341 g/mol. The third kappa shape index (κ3) is 2.96. The summed E-state index contributed by atoms with van der Waals surface area (Å²) >= 11 is 0. The number of hydrogen-bond acceptors (Lipinski definition) is 2. The number of piperidine rings is 1. The smallest absolute Gasteiger partial charge is 0.233 e. The van der Waals surface area contributed by atoms with Crippen molar-refractivity contribution in [2.75, 3.05) is 13.1 Å². The topological polar surface area (TPSA) is 49.0 Å². The summed E-state index contributed by atoms with van der Waals surface area (Å²) in [6.45, 7) is 3.60. The van der Waals surface area contributed by atoms with Crippen molar-refractivity contribution < 1.29 is 9.18 Å². The molecule has 4 nitrogen and oxygen atoms in total. The summed E-state index contributed by atoms with van der Waals surface area (Å²) in [5.41, 5.74) is 2.30. The van der Waals surface area contributed by atoms with Gasteiger partial charge in [-0.05, 0) is 56.6 Å². The number of H-pyrrole nitrogens is 1. The number of aromatic amines is 1. The van der Waals surface area contributed by atoms with E-state index < -0.39 is 5.41 Å². The van der Waals surface area contributed by atoms with Gasteiger partial charge in [0.2, 0.25) is 5.91 Å². The summed E-state index contributed by atoms with van der Waals surface area (Å²) in [7, 11) is 0. The number of nitrogens with zero attached hydrogens (tertiary/aromatic N) is 2. The maximum atomic E-state index is 14.2. The van der Waals surface area contributed by atoms with Crippen molar-refractivity contribution in [1.29, 1.82) is 0 Å². The molecule has 0 bridgehead atoms. The zero-order valence-electron chi connectivity index (χ0n) is 14.6. The monoisotopic (exact) mass is 341 g/mol. The molecule has 1 saturated heterocycles. The van der Waals surface area contributed by atoms with Crippen LogP contribution in [-0.4, -0.2) is 34.1 Å². The Morgan fingerprint density at radius 3 is 2.88 bits per heavy atom. The molecule has 1 amide bonds. The van der Waals surface area contributed by atoms with Gasteiger partial charge in [0.05, 0.1) is 11.6 Å². The lowest BCUT2D eigenvalue weighted by Gasteiger charge is -2.35. The highest BCUT2D eigenvalue weighted by molar-refractivity contribution is 5.91. The molecule has 1 aromatic carbocycles. The first-order valence-electron chi connectivity index (χ1n) is 9.13. The number of benzene rings is 1. The van der Waals surface area contributed by atoms with Gasteiger partial charge in [-0.15, -0.1) is 0 Å². The van der Waals surface area contributed by atoms with Crippen molar-refractivity contribution in [3.63, 3.8) is 0 Å². The molecule has 1 atom stereocenters. The van der Waals surface area contributed by atoms with Crippen LogP contribution in [0.15, 0.2) is 30.5 Å². The molecule has 2 aliphatic rings. The second-order valence-corrected chi connectivity index (χ2v) is 7.56. The van der Waals surface area contributed by atoms with E-state index in [1.165, 1.54) is 11.6 Å². The van der Waals surface area contributed by atoms with Crippen LogP contribution >= 0.6 is 0 Å². The highest BCUT2D eigenvalue weighted by atomic mass is 19.1. The molecule has 1 aliphatic heterocycles. The van der Waals surface area contributed by atoms with Crippen molar-refractivity contribution >= 4 is 5.91 Å². The summed E-state index contributed by atoms with van der Waals surface area (Å²) < 4.78 is 14.2. The summed E-state index contributed by atoms with van der Waals surface area (Å²) in [4.78, 5) is 15.2. The number of nitrogens with one attached hydrogen (secondary N) is 1. The van der Waals surface area contributed by atoms with Gasteiger partial charge in [-0.3, -0.25) is 9.89 Å². The lowest BCUT2D eigenvalue weighted by molar-refractivity contribution is -0.135. The molecule has 132 valence electrons. The Labute approximate surface area is 147 Å². The van der Waals surface area contributed by atoms with Gasteiger partial charge in [-0.25, -0.2) is 4.39 Å². The molecule has 1 N–H and O–H groups in total. The largest absolute Gasteiger partial charge is 0.342 e. The molecule has 2 fully saturated rings. The number of aryl methyl sites for hydroxylation is 1. The molecule has 1 aliphatic carbocycles. The van der Waals surface area contributed by atoms with Crippen molar-refractivity contribution in [3.05, 3.63) is 53.1 Å². The van der Waals surface area contributed by atoms with Crippen LogP contribution in [0.3, 0.4) is 0 Å². The molecule has 5 heteroatoms. The van der Waals surface area contributed by atoms with E-state index in [0.717, 1.165) is 50.9 Å². The standard InChI is InChI=1S/C20H24FN3O/c1-14-12-22-23-18(14)11-15-5-4-10-24(13-15)19(25)20(8-9-20)16-6-2-3-7-17(16)21/h2-3,6-7,12,15H,4-5,8-11,13H2,1H3,(H,22,23)/t15-/m0/s1. The second kappa shape index (κ2) is 6.28. The normalized spacial score (nSPS) is 22.0. The van der Waals surface area contributed by atoms with Crippen LogP contribution in [0.25, 0.3) is 0 Å². The Kier molecular flexibility index (Phi) is 4.10. The van der Waals surface area contributed by atoms with E-state index in [2.05, 4.69) is 17.1 Å². The number of aromatic nitrogens is 2. The number of carbonyl (C=O) groups is 1. The van der Waals surface area contributed by atoms with Crippen LogP contribution in [0.1, 0.15) is 42.5 Å². The fourth-order valence-electron chi connectivity index (χ4n) is 4.16. The quantitative estimate of drug-likeness (QED) is 0.927. The first-order chi connectivity index (χ1) is 12.1. The molecule has 4 rings (SSSR count). The number of likely N-dealkylation sites (tertiary alicyclic amines) is 1. The first-order valence-corrected chi connectivity index (χ1v) is 9.13. The summed E-state index contributed by atoms with van der Waals surface area (Å²) in [5.74, 6) is 0.298. The van der Waals surface area contributed by atoms with E-state index in [4.69, 9.17) is 0 Å². The van der Waals surface area contributed by atoms with E-state index in [9.17, 15) is 9.18 Å². The van der Waals surface area contributed by atoms with Crippen molar-refractivity contribution in [1.82, 2.24) is 15.1 Å². The highest BCUT2D eigenvalue weighted by Crippen LogP contribution is 2.50. The lowest BCUT2D eigenvalue weighted by atomic mass is 9.89. The minimum Gasteiger partial charge on any atom is -0.342 e. The van der Waals surface area contributed by atoms with Crippen LogP contribution in [-0.2, 0) is 16.6 Å². The van der Waals surface area contributed by atoms with Crippen LogP contribution in [0, 0.1) is 18.7 Å². The molecular weight excluding hydrogens is 317 g/mol. The maximum absolute atomic E-state index is 14.2. The van der Waals surface area contributed by atoms with Gasteiger partial charge in [-0.2, -0.15) is 5.10 Å². The van der Waals surface area contributed by atoms with E-state index in [0.29, 0.717) is 11.5 Å². The number of rotatable bonds is 4. The van der Waals surface area contributed by atoms with E-state index in [1.807, 2.05) is 17.2 Å². The Bertz CT molecular complexity index is 781. The lowest BCUT2D eigenvalue weighted by Crippen LogP contribution is -2.45. The van der Waals surface area contributed by atoms with Crippen molar-refractivity contribution in [2.24, 2.45) is 5.92 Å². The molecule has 1 aromatic heterocycles. The van der Waals surface area contributed by atoms with Crippen LogP contribution in [0.2, 0.25) is 0 Å². The minimum absolute atomic E-state index is 0.114. The predicted octanol–water partition coefficient (Wildman–Crippen LogP) is 3.37. The molecule has 0 spiro atoms. The maximum Gasteiger partial charge on any atom is 0.233 e. The average Bonchev–Trinajstić information content (AvgIpc) is 3.33. The predicted molar refractivity (Wildman–Crippen MR) is 93.6 cm³/mol. The Hall–Kier alpha value is -2.17. The summed E-state index contributed by atoms with van der Waals surface area (Å²) in [6, 6.07) is 6.74. The summed E-state index contributed by atoms with van der Waals surface area (Å²) in [6.07, 6.45) is 6.41. The Balaban J connectivity index is 1.49. The van der Waals surface area contributed by atoms with Gasteiger partial charge in [0, 0.05) is 24.3 Å². The van der Waals surface area contributed by atoms with Gasteiger partial charge in [0.15, 0.2) is 0 Å². The Morgan fingerprint density at radius 1 is 1.40 bits per heavy atom. The molecule has 0 radical (unpaired) electrons. The van der Waals surface area contributed by atoms with Crippen LogP contribution in [0.5, 0.6) is 0 Å². The third-order valence-electron chi connectivity index (χ3n) is 5.78. The van der Waals surface area contributed by atoms with Crippen molar-refractivity contribution in [3.8, 4) is 0 Å². The second-order valence-electron chi connectivity index (χ2n) is 7.56. The number of hydrogen-bond donors (Lipinski definition) is 1. The molecule has 2 aromatic rings. The first kappa shape index (κ1) is 16.3. The highest BCUT2D eigenvalue weighted by Gasteiger charge is 2.54. The molecule has 2 heterocycles. The SMILES string of the molecule is Cc1cn[nH]c1C[C@@H]1CCCN(C(=O)C2(c3ccccc3F)CC2)C1. The van der Waals surface area contributed by atoms with Crippen LogP contribution < -0.4 is 0 Å².